The molecule has 5 aromatic rings. The van der Waals surface area contributed by atoms with E-state index < -0.39 is 0 Å². The Balaban J connectivity index is 0.00000288. The van der Waals surface area contributed by atoms with Gasteiger partial charge in [-0.15, -0.1) is 0 Å². The number of rotatable bonds is 14. The van der Waals surface area contributed by atoms with Crippen LogP contribution >= 0.6 is 0 Å². The Morgan fingerprint density at radius 3 is 2.08 bits per heavy atom. The van der Waals surface area contributed by atoms with Crippen molar-refractivity contribution < 1.29 is 0 Å². The molecule has 0 fully saturated rings. The van der Waals surface area contributed by atoms with Crippen LogP contribution in [0.4, 0.5) is 17.1 Å². The summed E-state index contributed by atoms with van der Waals surface area (Å²) in [5, 5.41) is 0. The number of hydrogen-bond acceptors (Lipinski definition) is 5. The van der Waals surface area contributed by atoms with Gasteiger partial charge in [0, 0.05) is 65.4 Å². The Morgan fingerprint density at radius 2 is 1.44 bits per heavy atom. The predicted octanol–water partition coefficient (Wildman–Crippen LogP) is 14.2. The molecule has 2 aromatic carbocycles. The molecule has 2 aliphatic carbocycles. The molecule has 59 heavy (non-hydrogen) atoms. The average Bonchev–Trinajstić information content (AvgIpc) is 3.81. The molecule has 7 rings (SSSR count). The number of hydrogen-bond donors (Lipinski definition) is 0. The molecule has 3 heterocycles. The van der Waals surface area contributed by atoms with Crippen LogP contribution in [-0.4, -0.2) is 15.0 Å². The summed E-state index contributed by atoms with van der Waals surface area (Å²) in [5.41, 5.74) is 14.7. The summed E-state index contributed by atoms with van der Waals surface area (Å²) >= 11 is 0. The Bertz CT molecular complexity index is 2440. The van der Waals surface area contributed by atoms with Gasteiger partial charge in [-0.25, -0.2) is 0 Å². The van der Waals surface area contributed by atoms with E-state index >= 15 is 0 Å². The Labute approximate surface area is 351 Å². The van der Waals surface area contributed by atoms with Gasteiger partial charge in [0.05, 0.1) is 11.9 Å². The van der Waals surface area contributed by atoms with Gasteiger partial charge in [0.15, 0.2) is 0 Å². The fourth-order valence-electron chi connectivity index (χ4n) is 7.33. The molecular weight excluding hydrogens is 719 g/mol. The molecule has 0 saturated carbocycles. The van der Waals surface area contributed by atoms with E-state index in [9.17, 15) is 0 Å². The monoisotopic (exact) mass is 771 g/mol. The normalized spacial score (nSPS) is 15.4. The molecule has 0 radical (unpaired) electrons. The van der Waals surface area contributed by atoms with Gasteiger partial charge in [0.1, 0.15) is 0 Å². The van der Waals surface area contributed by atoms with E-state index in [1.165, 1.54) is 16.7 Å². The first-order valence-electron chi connectivity index (χ1n) is 20.4. The highest BCUT2D eigenvalue weighted by molar-refractivity contribution is 5.80. The average molecular weight is 772 g/mol. The van der Waals surface area contributed by atoms with Gasteiger partial charge in [-0.05, 0) is 139 Å². The van der Waals surface area contributed by atoms with E-state index in [2.05, 4.69) is 161 Å². The van der Waals surface area contributed by atoms with E-state index in [0.29, 0.717) is 5.92 Å². The third-order valence-electron chi connectivity index (χ3n) is 10.3. The molecule has 0 spiro atoms. The molecular formula is C54H53N5. The molecule has 3 aromatic heterocycles. The van der Waals surface area contributed by atoms with E-state index in [-0.39, 0.29) is 0 Å². The van der Waals surface area contributed by atoms with Crippen LogP contribution in [0.3, 0.4) is 0 Å². The Hall–Kier alpha value is -7.11. The van der Waals surface area contributed by atoms with Crippen LogP contribution in [0.25, 0.3) is 22.3 Å². The smallest absolute Gasteiger partial charge is 0.0644 e. The van der Waals surface area contributed by atoms with Crippen LogP contribution in [0, 0.1) is 5.92 Å². The van der Waals surface area contributed by atoms with Crippen LogP contribution in [0.5, 0.6) is 0 Å². The van der Waals surface area contributed by atoms with Gasteiger partial charge < -0.3 is 9.80 Å². The second kappa shape index (κ2) is 20.9. The van der Waals surface area contributed by atoms with Gasteiger partial charge in [-0.2, -0.15) is 0 Å². The Kier molecular flexibility index (Phi) is 14.7. The van der Waals surface area contributed by atoms with Gasteiger partial charge in [-0.1, -0.05) is 112 Å². The van der Waals surface area contributed by atoms with Crippen molar-refractivity contribution in [1.29, 1.82) is 0 Å². The zero-order valence-corrected chi connectivity index (χ0v) is 34.6. The van der Waals surface area contributed by atoms with Crippen LogP contribution in [0.2, 0.25) is 0 Å². The number of pyridine rings is 3. The fourth-order valence-corrected chi connectivity index (χ4v) is 7.33. The van der Waals surface area contributed by atoms with E-state index in [1.54, 1.807) is 6.08 Å². The topological polar surface area (TPSA) is 45.2 Å². The second-order valence-corrected chi connectivity index (χ2v) is 13.7. The van der Waals surface area contributed by atoms with E-state index in [4.69, 9.17) is 0 Å². The van der Waals surface area contributed by atoms with Crippen LogP contribution in [-0.2, 0) is 0 Å². The molecule has 5 heteroatoms. The quantitative estimate of drug-likeness (QED) is 0.105. The zero-order valence-electron chi connectivity index (χ0n) is 34.6. The molecule has 5 nitrogen and oxygen atoms in total. The van der Waals surface area contributed by atoms with Crippen molar-refractivity contribution in [2.24, 2.45) is 5.92 Å². The summed E-state index contributed by atoms with van der Waals surface area (Å²) < 4.78 is 0. The van der Waals surface area contributed by atoms with Crippen molar-refractivity contribution in [3.8, 4) is 11.1 Å². The summed E-state index contributed by atoms with van der Waals surface area (Å²) in [5.74, 6) is 0.327. The van der Waals surface area contributed by atoms with Crippen molar-refractivity contribution >= 4 is 28.2 Å². The van der Waals surface area contributed by atoms with Gasteiger partial charge in [-0.3, -0.25) is 15.0 Å². The third-order valence-corrected chi connectivity index (χ3v) is 10.3. The molecule has 0 N–H and O–H groups in total. The third kappa shape index (κ3) is 10.1. The molecule has 0 aliphatic heterocycles. The number of aromatic nitrogens is 3. The van der Waals surface area contributed by atoms with Crippen LogP contribution < -0.4 is 9.80 Å². The van der Waals surface area contributed by atoms with Crippen molar-refractivity contribution in [3.63, 3.8) is 0 Å². The maximum Gasteiger partial charge on any atom is 0.0644 e. The van der Waals surface area contributed by atoms with E-state index in [1.807, 2.05) is 93.5 Å². The van der Waals surface area contributed by atoms with Gasteiger partial charge >= 0.3 is 0 Å². The standard InChI is InChI=1S/C52H47N5.C2H6/c1-5-9-13-47(7-3)56(48(8-4)36-39(6-2)42-26-31-53-32-27-42)49-22-18-40(19-23-49)45-16-17-46(35-45)41-20-24-50(25-21-41)57(52-15-11-30-55-38-52)51-14-10-12-44(37-51)43-28-33-54-34-29-43;1-2/h5-20,22-34,36-38,41H,1-2,21,35H2,3-4H3;1-2H3/b13-9-,39-36+,47-7+,48-8+;. The van der Waals surface area contributed by atoms with Crippen LogP contribution in [0.1, 0.15) is 51.7 Å². The summed E-state index contributed by atoms with van der Waals surface area (Å²) in [6, 6.07) is 29.8. The van der Waals surface area contributed by atoms with Crippen molar-refractivity contribution in [1.82, 2.24) is 15.0 Å². The maximum atomic E-state index is 4.46. The predicted molar refractivity (Wildman–Crippen MR) is 252 cm³/mol. The van der Waals surface area contributed by atoms with Gasteiger partial charge in [0.2, 0.25) is 0 Å². The molecule has 2 aliphatic rings. The highest BCUT2D eigenvalue weighted by Crippen LogP contribution is 2.40. The molecule has 294 valence electrons. The summed E-state index contributed by atoms with van der Waals surface area (Å²) in [6.07, 6.45) is 38.6. The lowest BCUT2D eigenvalue weighted by Gasteiger charge is -2.29. The summed E-state index contributed by atoms with van der Waals surface area (Å²) in [4.78, 5) is 17.4. The lowest BCUT2D eigenvalue weighted by Crippen LogP contribution is -2.20. The zero-order chi connectivity index (χ0) is 41.4. The van der Waals surface area contributed by atoms with Crippen molar-refractivity contribution in [2.75, 3.05) is 9.80 Å². The van der Waals surface area contributed by atoms with Crippen molar-refractivity contribution in [3.05, 3.63) is 242 Å². The van der Waals surface area contributed by atoms with Crippen LogP contribution in [0.15, 0.2) is 231 Å². The molecule has 1 unspecified atom stereocenters. The first-order valence-corrected chi connectivity index (χ1v) is 20.4. The fraction of sp³-hybridized carbons (Fsp3) is 0.130. The lowest BCUT2D eigenvalue weighted by atomic mass is 9.88. The SMILES string of the molecule is C=C/C=C\C(=C/C)N(C(/C=C(\C=C)c1ccncc1)=C/C)c1ccc(C2=CC=C(C3C=CC(N(c4cccnc4)c4cccc(-c5ccncc5)c4)=CC3)C2)cc1.CC. The summed E-state index contributed by atoms with van der Waals surface area (Å²) in [6.45, 7) is 16.1. The Morgan fingerprint density at radius 1 is 0.712 bits per heavy atom. The maximum absolute atomic E-state index is 4.46. The highest BCUT2D eigenvalue weighted by atomic mass is 15.2. The summed E-state index contributed by atoms with van der Waals surface area (Å²) in [7, 11) is 0. The molecule has 0 saturated heterocycles. The second-order valence-electron chi connectivity index (χ2n) is 13.7. The molecule has 0 amide bonds. The minimum Gasteiger partial charge on any atom is -0.311 e. The number of nitrogens with zero attached hydrogens (tertiary/aromatic N) is 5. The number of benzene rings is 2. The minimum absolute atomic E-state index is 0.327. The van der Waals surface area contributed by atoms with E-state index in [0.717, 1.165) is 69.3 Å². The molecule has 0 bridgehead atoms. The highest BCUT2D eigenvalue weighted by Gasteiger charge is 2.23. The largest absolute Gasteiger partial charge is 0.311 e. The first kappa shape index (κ1) is 41.5. The number of anilines is 3. The first-order chi connectivity index (χ1) is 29.1. The lowest BCUT2D eigenvalue weighted by molar-refractivity contribution is 0.746. The van der Waals surface area contributed by atoms with Gasteiger partial charge in [0.25, 0.3) is 0 Å². The molecule has 1 atom stereocenters. The number of allylic oxidation sites excluding steroid dienone is 15. The van der Waals surface area contributed by atoms with Crippen molar-refractivity contribution in [2.45, 2.75) is 40.5 Å². The minimum atomic E-state index is 0.327.